The third-order valence-corrected chi connectivity index (χ3v) is 5.22. The molecule has 31 heavy (non-hydrogen) atoms. The predicted molar refractivity (Wildman–Crippen MR) is 127 cm³/mol. The summed E-state index contributed by atoms with van der Waals surface area (Å²) in [6.45, 7) is 6.61. The third-order valence-electron chi connectivity index (χ3n) is 4.12. The Morgan fingerprint density at radius 1 is 1.03 bits per heavy atom. The molecular formula is C22H26BrN3O4S. The molecule has 0 aliphatic rings. The van der Waals surface area contributed by atoms with Crippen molar-refractivity contribution in [2.24, 2.45) is 5.92 Å². The highest BCUT2D eigenvalue weighted by atomic mass is 79.9. The summed E-state index contributed by atoms with van der Waals surface area (Å²) in [4.78, 5) is 24.2. The number of aryl methyl sites for hydroxylation is 1. The average molecular weight is 508 g/mol. The van der Waals surface area contributed by atoms with Crippen molar-refractivity contribution in [1.29, 1.82) is 0 Å². The first-order chi connectivity index (χ1) is 14.7. The van der Waals surface area contributed by atoms with Gasteiger partial charge in [-0.3, -0.25) is 25.8 Å². The van der Waals surface area contributed by atoms with E-state index in [1.54, 1.807) is 30.3 Å². The number of hydrogen-bond acceptors (Lipinski definition) is 5. The normalized spacial score (nSPS) is 10.4. The lowest BCUT2D eigenvalue weighted by atomic mass is 10.1. The van der Waals surface area contributed by atoms with Gasteiger partial charge in [0.1, 0.15) is 11.5 Å². The highest BCUT2D eigenvalue weighted by molar-refractivity contribution is 9.10. The molecule has 0 radical (unpaired) electrons. The molecule has 0 saturated carbocycles. The summed E-state index contributed by atoms with van der Waals surface area (Å²) < 4.78 is 12.0. The molecule has 3 N–H and O–H groups in total. The van der Waals surface area contributed by atoms with Crippen molar-refractivity contribution in [3.05, 3.63) is 58.1 Å². The summed E-state index contributed by atoms with van der Waals surface area (Å²) in [5.41, 5.74) is 6.27. The predicted octanol–water partition coefficient (Wildman–Crippen LogP) is 3.90. The first-order valence-electron chi connectivity index (χ1n) is 9.76. The average Bonchev–Trinajstić information content (AvgIpc) is 2.73. The summed E-state index contributed by atoms with van der Waals surface area (Å²) in [5, 5.41) is 2.46. The van der Waals surface area contributed by atoms with Crippen LogP contribution < -0.4 is 25.6 Å². The summed E-state index contributed by atoms with van der Waals surface area (Å²) in [6.07, 6.45) is 0.960. The minimum atomic E-state index is -0.444. The first kappa shape index (κ1) is 24.6. The molecule has 2 rings (SSSR count). The van der Waals surface area contributed by atoms with Crippen LogP contribution in [0.2, 0.25) is 0 Å². The van der Waals surface area contributed by atoms with Gasteiger partial charge in [-0.15, -0.1) is 0 Å². The second kappa shape index (κ2) is 12.3. The van der Waals surface area contributed by atoms with E-state index >= 15 is 0 Å². The van der Waals surface area contributed by atoms with E-state index in [4.69, 9.17) is 21.7 Å². The zero-order valence-electron chi connectivity index (χ0n) is 17.7. The van der Waals surface area contributed by atoms with Crippen molar-refractivity contribution in [3.63, 3.8) is 0 Å². The van der Waals surface area contributed by atoms with Gasteiger partial charge < -0.3 is 9.47 Å². The highest BCUT2D eigenvalue weighted by Gasteiger charge is 2.10. The molecule has 0 saturated heterocycles. The van der Waals surface area contributed by atoms with E-state index in [1.807, 2.05) is 19.1 Å². The van der Waals surface area contributed by atoms with Crippen LogP contribution in [0.5, 0.6) is 11.5 Å². The number of amides is 2. The standard InChI is InChI=1S/C22H26BrN3O4S/c1-14(2)10-11-29-17-6-4-16(5-7-17)21(28)24-22(31)26-25-20(27)13-30-18-8-9-19(23)15(3)12-18/h4-9,12,14H,10-11,13H2,1-3H3,(H,25,27)(H2,24,26,28,31). The van der Waals surface area contributed by atoms with E-state index < -0.39 is 11.8 Å². The van der Waals surface area contributed by atoms with Crippen LogP contribution in [-0.2, 0) is 4.79 Å². The Balaban J connectivity index is 1.71. The summed E-state index contributed by atoms with van der Waals surface area (Å²) in [7, 11) is 0. The first-order valence-corrected chi connectivity index (χ1v) is 11.0. The van der Waals surface area contributed by atoms with E-state index in [1.165, 1.54) is 0 Å². The summed E-state index contributed by atoms with van der Waals surface area (Å²) in [6, 6.07) is 12.2. The maximum absolute atomic E-state index is 12.3. The largest absolute Gasteiger partial charge is 0.494 e. The summed E-state index contributed by atoms with van der Waals surface area (Å²) >= 11 is 8.44. The lowest BCUT2D eigenvalue weighted by Gasteiger charge is -2.12. The van der Waals surface area contributed by atoms with E-state index in [2.05, 4.69) is 45.9 Å². The number of benzene rings is 2. The monoisotopic (exact) mass is 507 g/mol. The molecule has 0 aliphatic carbocycles. The number of hydrazine groups is 1. The number of carbonyl (C=O) groups is 2. The van der Waals surface area contributed by atoms with Crippen molar-refractivity contribution in [2.75, 3.05) is 13.2 Å². The van der Waals surface area contributed by atoms with Crippen LogP contribution in [0.4, 0.5) is 0 Å². The molecule has 0 spiro atoms. The molecule has 2 aromatic rings. The van der Waals surface area contributed by atoms with Gasteiger partial charge >= 0.3 is 0 Å². The molecule has 166 valence electrons. The Morgan fingerprint density at radius 2 is 1.71 bits per heavy atom. The highest BCUT2D eigenvalue weighted by Crippen LogP contribution is 2.21. The van der Waals surface area contributed by atoms with Gasteiger partial charge in [0, 0.05) is 10.0 Å². The Hall–Kier alpha value is -2.65. The molecule has 0 atom stereocenters. The van der Waals surface area contributed by atoms with Crippen LogP contribution in [0.1, 0.15) is 36.2 Å². The molecule has 2 amide bonds. The Morgan fingerprint density at radius 3 is 2.35 bits per heavy atom. The van der Waals surface area contributed by atoms with Crippen LogP contribution in [0.25, 0.3) is 0 Å². The van der Waals surface area contributed by atoms with Crippen molar-refractivity contribution >= 4 is 45.1 Å². The number of rotatable bonds is 8. The van der Waals surface area contributed by atoms with Gasteiger partial charge in [0.25, 0.3) is 11.8 Å². The van der Waals surface area contributed by atoms with Gasteiger partial charge in [-0.25, -0.2) is 0 Å². The topological polar surface area (TPSA) is 88.7 Å². The Kier molecular flexibility index (Phi) is 9.74. The molecule has 0 heterocycles. The number of ether oxygens (including phenoxy) is 2. The van der Waals surface area contributed by atoms with Gasteiger partial charge in [0.15, 0.2) is 11.7 Å². The van der Waals surface area contributed by atoms with Crippen molar-refractivity contribution in [3.8, 4) is 11.5 Å². The smallest absolute Gasteiger partial charge is 0.276 e. The van der Waals surface area contributed by atoms with E-state index in [-0.39, 0.29) is 11.7 Å². The molecule has 7 nitrogen and oxygen atoms in total. The third kappa shape index (κ3) is 8.94. The van der Waals surface area contributed by atoms with Gasteiger partial charge in [-0.1, -0.05) is 29.8 Å². The summed E-state index contributed by atoms with van der Waals surface area (Å²) in [5.74, 6) is 0.993. The van der Waals surface area contributed by atoms with E-state index in [0.717, 1.165) is 16.5 Å². The number of halogens is 1. The minimum absolute atomic E-state index is 0.0323. The molecule has 2 aromatic carbocycles. The van der Waals surface area contributed by atoms with Gasteiger partial charge in [-0.05, 0) is 79.5 Å². The van der Waals surface area contributed by atoms with Crippen molar-refractivity contribution < 1.29 is 19.1 Å². The second-order valence-electron chi connectivity index (χ2n) is 7.21. The number of carbonyl (C=O) groups excluding carboxylic acids is 2. The molecular weight excluding hydrogens is 482 g/mol. The lowest BCUT2D eigenvalue weighted by Crippen LogP contribution is -2.49. The fourth-order valence-corrected chi connectivity index (χ4v) is 2.73. The van der Waals surface area contributed by atoms with Crippen LogP contribution in [0.3, 0.4) is 0 Å². The number of thiocarbonyl (C=S) groups is 1. The number of nitrogens with one attached hydrogen (secondary N) is 3. The van der Waals surface area contributed by atoms with Crippen LogP contribution in [-0.4, -0.2) is 30.1 Å². The SMILES string of the molecule is Cc1cc(OCC(=O)NNC(=S)NC(=O)c2ccc(OCCC(C)C)cc2)ccc1Br. The van der Waals surface area contributed by atoms with Gasteiger partial charge in [-0.2, -0.15) is 0 Å². The molecule has 9 heteroatoms. The maximum atomic E-state index is 12.3. The van der Waals surface area contributed by atoms with Crippen molar-refractivity contribution in [2.45, 2.75) is 27.2 Å². The van der Waals surface area contributed by atoms with Crippen LogP contribution in [0.15, 0.2) is 46.9 Å². The fourth-order valence-electron chi connectivity index (χ4n) is 2.34. The lowest BCUT2D eigenvalue weighted by molar-refractivity contribution is -0.123. The van der Waals surface area contributed by atoms with Gasteiger partial charge in [0.2, 0.25) is 0 Å². The van der Waals surface area contributed by atoms with E-state index in [9.17, 15) is 9.59 Å². The maximum Gasteiger partial charge on any atom is 0.276 e. The Bertz CT molecular complexity index is 919. The zero-order chi connectivity index (χ0) is 22.8. The van der Waals surface area contributed by atoms with E-state index in [0.29, 0.717) is 29.6 Å². The van der Waals surface area contributed by atoms with Crippen LogP contribution in [0, 0.1) is 12.8 Å². The molecule has 0 bridgehead atoms. The van der Waals surface area contributed by atoms with Gasteiger partial charge in [0.05, 0.1) is 6.61 Å². The minimum Gasteiger partial charge on any atom is -0.494 e. The fraction of sp³-hybridized carbons (Fsp3) is 0.318. The second-order valence-corrected chi connectivity index (χ2v) is 8.47. The molecule has 0 aromatic heterocycles. The van der Waals surface area contributed by atoms with Crippen molar-refractivity contribution in [1.82, 2.24) is 16.2 Å². The quantitative estimate of drug-likeness (QED) is 0.371. The molecule has 0 unspecified atom stereocenters. The molecule has 0 fully saturated rings. The zero-order valence-corrected chi connectivity index (χ0v) is 20.1. The number of hydrogen-bond donors (Lipinski definition) is 3. The Labute approximate surface area is 196 Å². The van der Waals surface area contributed by atoms with Crippen LogP contribution >= 0.6 is 28.1 Å². The molecule has 0 aliphatic heterocycles.